The fourth-order valence-electron chi connectivity index (χ4n) is 4.29. The molecule has 2 N–H and O–H groups in total. The monoisotopic (exact) mass is 360 g/mol. The molecule has 6 nitrogen and oxygen atoms in total. The Balaban J connectivity index is 1.37. The first-order valence-electron chi connectivity index (χ1n) is 8.80. The lowest BCUT2D eigenvalue weighted by atomic mass is 9.77. The van der Waals surface area contributed by atoms with Gasteiger partial charge in [-0.3, -0.25) is 14.7 Å². The molecule has 0 aromatic carbocycles. The van der Waals surface area contributed by atoms with Crippen molar-refractivity contribution in [3.63, 3.8) is 0 Å². The minimum absolute atomic E-state index is 0.102. The van der Waals surface area contributed by atoms with Crippen LogP contribution in [0.4, 0.5) is 0 Å². The van der Waals surface area contributed by atoms with Crippen LogP contribution in [0.1, 0.15) is 28.2 Å². The normalized spacial score (nSPS) is 29.5. The van der Waals surface area contributed by atoms with E-state index in [2.05, 4.69) is 15.2 Å². The highest BCUT2D eigenvalue weighted by molar-refractivity contribution is 7.09. The molecule has 2 aromatic rings. The molecule has 1 saturated heterocycles. The lowest BCUT2D eigenvalue weighted by Crippen LogP contribution is -2.49. The maximum absolute atomic E-state index is 12.4. The van der Waals surface area contributed by atoms with Crippen molar-refractivity contribution in [1.29, 1.82) is 0 Å². The number of rotatable bonds is 4. The highest BCUT2D eigenvalue weighted by Crippen LogP contribution is 2.37. The van der Waals surface area contributed by atoms with E-state index in [1.54, 1.807) is 22.0 Å². The van der Waals surface area contributed by atoms with E-state index in [1.165, 1.54) is 4.88 Å². The predicted molar refractivity (Wildman–Crippen MR) is 96.3 cm³/mol. The third-order valence-electron chi connectivity index (χ3n) is 5.57. The Hall–Kier alpha value is -1.70. The van der Waals surface area contributed by atoms with E-state index < -0.39 is 6.10 Å². The van der Waals surface area contributed by atoms with Crippen molar-refractivity contribution in [2.45, 2.75) is 31.5 Å². The summed E-state index contributed by atoms with van der Waals surface area (Å²) < 4.78 is 1.81. The SMILES string of the molecule is Cn1cccc1C(=O)N[C@H]1C[C@H]2CN(Cc3cncs3)C[C@H]2C[C@@H]1O. The number of fused-ring (bicyclic) bond motifs is 1. The van der Waals surface area contributed by atoms with Crippen LogP contribution in [0.5, 0.6) is 0 Å². The van der Waals surface area contributed by atoms with Gasteiger partial charge in [0.15, 0.2) is 0 Å². The number of amides is 1. The number of aryl methyl sites for hydroxylation is 1. The van der Waals surface area contributed by atoms with E-state index in [-0.39, 0.29) is 11.9 Å². The third kappa shape index (κ3) is 3.49. The van der Waals surface area contributed by atoms with Gasteiger partial charge in [0.2, 0.25) is 0 Å². The summed E-state index contributed by atoms with van der Waals surface area (Å²) in [6.45, 7) is 3.00. The summed E-state index contributed by atoms with van der Waals surface area (Å²) in [6.07, 6.45) is 4.94. The average molecular weight is 360 g/mol. The van der Waals surface area contributed by atoms with Gasteiger partial charge in [-0.1, -0.05) is 0 Å². The van der Waals surface area contributed by atoms with Gasteiger partial charge in [-0.25, -0.2) is 0 Å². The zero-order valence-electron chi connectivity index (χ0n) is 14.3. The van der Waals surface area contributed by atoms with Crippen LogP contribution in [0.25, 0.3) is 0 Å². The van der Waals surface area contributed by atoms with Crippen LogP contribution in [0.15, 0.2) is 30.0 Å². The number of carbonyl (C=O) groups excluding carboxylic acids is 1. The number of likely N-dealkylation sites (tertiary alicyclic amines) is 1. The Labute approximate surface area is 151 Å². The number of aromatic nitrogens is 2. The zero-order valence-corrected chi connectivity index (χ0v) is 15.2. The Bertz CT molecular complexity index is 729. The fourth-order valence-corrected chi connectivity index (χ4v) is 4.93. The molecule has 2 fully saturated rings. The lowest BCUT2D eigenvalue weighted by molar-refractivity contribution is 0.0458. The molecule has 2 aromatic heterocycles. The van der Waals surface area contributed by atoms with E-state index in [1.807, 2.05) is 31.0 Å². The summed E-state index contributed by atoms with van der Waals surface area (Å²) in [7, 11) is 1.86. The van der Waals surface area contributed by atoms with E-state index in [0.717, 1.165) is 32.5 Å². The van der Waals surface area contributed by atoms with Crippen LogP contribution in [0, 0.1) is 11.8 Å². The zero-order chi connectivity index (χ0) is 17.4. The van der Waals surface area contributed by atoms with Crippen molar-refractivity contribution in [2.75, 3.05) is 13.1 Å². The standard InChI is InChI=1S/C18H24N4O2S/c1-21-4-2-3-16(21)18(24)20-15-5-12-8-22(9-13(12)6-17(15)23)10-14-7-19-11-25-14/h2-4,7,11-13,15,17,23H,5-6,8-10H2,1H3,(H,20,24)/t12-,13+,15-,17-/m0/s1. The number of nitrogens with zero attached hydrogens (tertiary/aromatic N) is 3. The van der Waals surface area contributed by atoms with E-state index in [0.29, 0.717) is 17.5 Å². The van der Waals surface area contributed by atoms with Gasteiger partial charge in [0, 0.05) is 44.0 Å². The number of thiazole rings is 1. The van der Waals surface area contributed by atoms with Gasteiger partial charge in [-0.15, -0.1) is 11.3 Å². The Morgan fingerprint density at radius 1 is 1.40 bits per heavy atom. The van der Waals surface area contributed by atoms with Crippen LogP contribution < -0.4 is 5.32 Å². The van der Waals surface area contributed by atoms with Gasteiger partial charge in [-0.05, 0) is 36.8 Å². The molecule has 1 aliphatic heterocycles. The third-order valence-corrected chi connectivity index (χ3v) is 6.34. The summed E-state index contributed by atoms with van der Waals surface area (Å²) in [6, 6.07) is 3.50. The first-order valence-corrected chi connectivity index (χ1v) is 9.68. The number of carbonyl (C=O) groups is 1. The lowest BCUT2D eigenvalue weighted by Gasteiger charge is -2.35. The minimum Gasteiger partial charge on any atom is -0.391 e. The number of hydrogen-bond acceptors (Lipinski definition) is 5. The molecule has 4 atom stereocenters. The smallest absolute Gasteiger partial charge is 0.268 e. The summed E-state index contributed by atoms with van der Waals surface area (Å²) >= 11 is 1.69. The summed E-state index contributed by atoms with van der Waals surface area (Å²) in [4.78, 5) is 20.3. The van der Waals surface area contributed by atoms with Crippen LogP contribution >= 0.6 is 11.3 Å². The second-order valence-corrected chi connectivity index (χ2v) is 8.28. The summed E-state index contributed by atoms with van der Waals surface area (Å²) in [5.74, 6) is 0.954. The Morgan fingerprint density at radius 3 is 2.88 bits per heavy atom. The van der Waals surface area contributed by atoms with Crippen LogP contribution in [-0.4, -0.2) is 50.7 Å². The topological polar surface area (TPSA) is 70.4 Å². The van der Waals surface area contributed by atoms with Crippen molar-refractivity contribution < 1.29 is 9.90 Å². The number of aliphatic hydroxyl groups excluding tert-OH is 1. The highest BCUT2D eigenvalue weighted by atomic mass is 32.1. The van der Waals surface area contributed by atoms with Crippen molar-refractivity contribution in [1.82, 2.24) is 19.8 Å². The molecule has 1 amide bonds. The summed E-state index contributed by atoms with van der Waals surface area (Å²) in [5.41, 5.74) is 2.50. The summed E-state index contributed by atoms with van der Waals surface area (Å²) in [5, 5.41) is 13.6. The molecule has 3 heterocycles. The average Bonchev–Trinajstić information content (AvgIpc) is 3.29. The molecular formula is C18H24N4O2S. The number of hydrogen-bond donors (Lipinski definition) is 2. The maximum atomic E-state index is 12.4. The molecule has 0 unspecified atom stereocenters. The molecule has 7 heteroatoms. The number of aliphatic hydroxyl groups is 1. The van der Waals surface area contributed by atoms with Gasteiger partial charge >= 0.3 is 0 Å². The van der Waals surface area contributed by atoms with E-state index >= 15 is 0 Å². The Kier molecular flexibility index (Phi) is 4.62. The largest absolute Gasteiger partial charge is 0.391 e. The Morgan fingerprint density at radius 2 is 2.20 bits per heavy atom. The second-order valence-electron chi connectivity index (χ2n) is 7.31. The predicted octanol–water partition coefficient (Wildman–Crippen LogP) is 1.48. The van der Waals surface area contributed by atoms with E-state index in [4.69, 9.17) is 0 Å². The maximum Gasteiger partial charge on any atom is 0.268 e. The van der Waals surface area contributed by atoms with Gasteiger partial charge in [-0.2, -0.15) is 0 Å². The molecule has 25 heavy (non-hydrogen) atoms. The molecule has 1 aliphatic carbocycles. The van der Waals surface area contributed by atoms with Crippen molar-refractivity contribution in [3.05, 3.63) is 40.6 Å². The molecular weight excluding hydrogens is 336 g/mol. The molecule has 0 bridgehead atoms. The fraction of sp³-hybridized carbons (Fsp3) is 0.556. The molecule has 134 valence electrons. The van der Waals surface area contributed by atoms with Crippen LogP contribution in [-0.2, 0) is 13.6 Å². The van der Waals surface area contributed by atoms with Gasteiger partial charge in [0.1, 0.15) is 5.69 Å². The molecule has 0 spiro atoms. The van der Waals surface area contributed by atoms with Gasteiger partial charge < -0.3 is 15.0 Å². The second kappa shape index (κ2) is 6.90. The molecule has 4 rings (SSSR count). The minimum atomic E-state index is -0.464. The molecule has 0 radical (unpaired) electrons. The van der Waals surface area contributed by atoms with Gasteiger partial charge in [0.25, 0.3) is 5.91 Å². The number of nitrogens with one attached hydrogen (secondary N) is 1. The first kappa shape index (κ1) is 16.8. The highest BCUT2D eigenvalue weighted by Gasteiger charge is 2.42. The molecule has 1 saturated carbocycles. The van der Waals surface area contributed by atoms with Crippen LogP contribution in [0.2, 0.25) is 0 Å². The first-order chi connectivity index (χ1) is 12.1. The van der Waals surface area contributed by atoms with Crippen molar-refractivity contribution in [2.24, 2.45) is 18.9 Å². The molecule has 2 aliphatic rings. The quantitative estimate of drug-likeness (QED) is 0.867. The van der Waals surface area contributed by atoms with Crippen molar-refractivity contribution in [3.8, 4) is 0 Å². The van der Waals surface area contributed by atoms with E-state index in [9.17, 15) is 9.90 Å². The van der Waals surface area contributed by atoms with Crippen LogP contribution in [0.3, 0.4) is 0 Å². The van der Waals surface area contributed by atoms with Crippen molar-refractivity contribution >= 4 is 17.2 Å². The van der Waals surface area contributed by atoms with Gasteiger partial charge in [0.05, 0.1) is 17.7 Å².